The molecule has 0 radical (unpaired) electrons. The Balaban J connectivity index is 2.01. The molecule has 0 spiro atoms. The van der Waals surface area contributed by atoms with Crippen molar-refractivity contribution in [2.24, 2.45) is 7.05 Å². The van der Waals surface area contributed by atoms with Crippen LogP contribution in [-0.2, 0) is 20.1 Å². The van der Waals surface area contributed by atoms with Crippen molar-refractivity contribution >= 4 is 0 Å². The van der Waals surface area contributed by atoms with Crippen LogP contribution in [0.3, 0.4) is 0 Å². The summed E-state index contributed by atoms with van der Waals surface area (Å²) >= 11 is 0. The predicted molar refractivity (Wildman–Crippen MR) is 71.1 cm³/mol. The normalized spacial score (nSPS) is 10.5. The molecule has 6 heteroatoms. The van der Waals surface area contributed by atoms with Gasteiger partial charge in [-0.05, 0) is 6.07 Å². The standard InChI is InChI=1S/C13H18N4O2/c1-17-10(4-7-16-17)8-14-9-11-13(19-3)12(18-2)5-6-15-11/h4-7,14H,8-9H2,1-3H3. The van der Waals surface area contributed by atoms with Gasteiger partial charge in [-0.2, -0.15) is 5.10 Å². The van der Waals surface area contributed by atoms with Crippen LogP contribution in [0.1, 0.15) is 11.4 Å². The molecule has 0 saturated carbocycles. The molecule has 2 rings (SSSR count). The van der Waals surface area contributed by atoms with E-state index < -0.39 is 0 Å². The van der Waals surface area contributed by atoms with E-state index in [1.807, 2.05) is 17.8 Å². The fraction of sp³-hybridized carbons (Fsp3) is 0.385. The molecule has 19 heavy (non-hydrogen) atoms. The van der Waals surface area contributed by atoms with Crippen LogP contribution in [0.5, 0.6) is 11.5 Å². The van der Waals surface area contributed by atoms with Crippen LogP contribution in [0.2, 0.25) is 0 Å². The van der Waals surface area contributed by atoms with Crippen LogP contribution in [-0.4, -0.2) is 29.0 Å². The van der Waals surface area contributed by atoms with Gasteiger partial charge in [-0.25, -0.2) is 0 Å². The van der Waals surface area contributed by atoms with Gasteiger partial charge in [0.1, 0.15) is 0 Å². The van der Waals surface area contributed by atoms with Gasteiger partial charge in [0.25, 0.3) is 0 Å². The number of hydrogen-bond donors (Lipinski definition) is 1. The van der Waals surface area contributed by atoms with Crippen molar-refractivity contribution in [1.82, 2.24) is 20.1 Å². The lowest BCUT2D eigenvalue weighted by molar-refractivity contribution is 0.348. The molecule has 0 aromatic carbocycles. The van der Waals surface area contributed by atoms with Crippen LogP contribution in [0, 0.1) is 0 Å². The highest BCUT2D eigenvalue weighted by molar-refractivity contribution is 5.42. The second-order valence-electron chi connectivity index (χ2n) is 4.04. The number of nitrogens with one attached hydrogen (secondary N) is 1. The summed E-state index contributed by atoms with van der Waals surface area (Å²) in [6, 6.07) is 3.76. The van der Waals surface area contributed by atoms with Crippen LogP contribution >= 0.6 is 0 Å². The average Bonchev–Trinajstić information content (AvgIpc) is 2.84. The number of aromatic nitrogens is 3. The molecule has 0 unspecified atom stereocenters. The van der Waals surface area contributed by atoms with E-state index in [9.17, 15) is 0 Å². The summed E-state index contributed by atoms with van der Waals surface area (Å²) in [7, 11) is 5.15. The van der Waals surface area contributed by atoms with E-state index in [1.54, 1.807) is 32.7 Å². The summed E-state index contributed by atoms with van der Waals surface area (Å²) in [6.07, 6.45) is 3.49. The van der Waals surface area contributed by atoms with Gasteiger partial charge in [0, 0.05) is 38.6 Å². The zero-order chi connectivity index (χ0) is 13.7. The Kier molecular flexibility index (Phi) is 4.35. The number of pyridine rings is 1. The first kappa shape index (κ1) is 13.4. The minimum atomic E-state index is 0.603. The van der Waals surface area contributed by atoms with Crippen molar-refractivity contribution in [3.8, 4) is 11.5 Å². The van der Waals surface area contributed by atoms with Crippen molar-refractivity contribution in [3.05, 3.63) is 35.9 Å². The Morgan fingerprint density at radius 3 is 2.63 bits per heavy atom. The molecule has 1 N–H and O–H groups in total. The molecule has 6 nitrogen and oxygen atoms in total. The summed E-state index contributed by atoms with van der Waals surface area (Å²) in [4.78, 5) is 4.31. The summed E-state index contributed by atoms with van der Waals surface area (Å²) in [5.74, 6) is 1.36. The van der Waals surface area contributed by atoms with Crippen LogP contribution in [0.25, 0.3) is 0 Å². The lowest BCUT2D eigenvalue weighted by atomic mass is 10.3. The molecule has 2 aromatic heterocycles. The van der Waals surface area contributed by atoms with E-state index >= 15 is 0 Å². The van der Waals surface area contributed by atoms with Gasteiger partial charge >= 0.3 is 0 Å². The molecule has 0 aliphatic carbocycles. The minimum absolute atomic E-state index is 0.603. The monoisotopic (exact) mass is 262 g/mol. The van der Waals surface area contributed by atoms with Crippen LogP contribution in [0.4, 0.5) is 0 Å². The molecule has 0 aliphatic rings. The number of methoxy groups -OCH3 is 2. The van der Waals surface area contributed by atoms with E-state index in [4.69, 9.17) is 9.47 Å². The summed E-state index contributed by atoms with van der Waals surface area (Å²) < 4.78 is 12.4. The van der Waals surface area contributed by atoms with E-state index in [-0.39, 0.29) is 0 Å². The van der Waals surface area contributed by atoms with Crippen molar-refractivity contribution in [1.29, 1.82) is 0 Å². The van der Waals surface area contributed by atoms with Gasteiger partial charge < -0.3 is 14.8 Å². The summed E-state index contributed by atoms with van der Waals surface area (Å²) in [5, 5.41) is 7.43. The second-order valence-corrected chi connectivity index (χ2v) is 4.04. The Hall–Kier alpha value is -2.08. The molecule has 2 aromatic rings. The van der Waals surface area contributed by atoms with Gasteiger partial charge in [-0.1, -0.05) is 0 Å². The smallest absolute Gasteiger partial charge is 0.183 e. The van der Waals surface area contributed by atoms with E-state index in [0.717, 1.165) is 17.9 Å². The maximum absolute atomic E-state index is 5.33. The number of hydrogen-bond acceptors (Lipinski definition) is 5. The second kappa shape index (κ2) is 6.19. The molecule has 0 fully saturated rings. The third-order valence-electron chi connectivity index (χ3n) is 2.89. The molecule has 0 atom stereocenters. The third-order valence-corrected chi connectivity index (χ3v) is 2.89. The quantitative estimate of drug-likeness (QED) is 0.845. The summed E-state index contributed by atoms with van der Waals surface area (Å²) in [5.41, 5.74) is 1.94. The van der Waals surface area contributed by atoms with Gasteiger partial charge in [-0.3, -0.25) is 9.67 Å². The van der Waals surface area contributed by atoms with Crippen molar-refractivity contribution < 1.29 is 9.47 Å². The first-order valence-corrected chi connectivity index (χ1v) is 5.99. The topological polar surface area (TPSA) is 61.2 Å². The maximum atomic E-state index is 5.33. The molecule has 2 heterocycles. The molecule has 0 amide bonds. The number of rotatable bonds is 6. The fourth-order valence-corrected chi connectivity index (χ4v) is 1.86. The number of aryl methyl sites for hydroxylation is 1. The highest BCUT2D eigenvalue weighted by Crippen LogP contribution is 2.28. The molecular weight excluding hydrogens is 244 g/mol. The Morgan fingerprint density at radius 1 is 1.16 bits per heavy atom. The predicted octanol–water partition coefficient (Wildman–Crippen LogP) is 1.12. The van der Waals surface area contributed by atoms with E-state index in [1.165, 1.54) is 0 Å². The van der Waals surface area contributed by atoms with E-state index in [0.29, 0.717) is 18.0 Å². The first-order valence-electron chi connectivity index (χ1n) is 5.99. The van der Waals surface area contributed by atoms with Crippen LogP contribution < -0.4 is 14.8 Å². The average molecular weight is 262 g/mol. The minimum Gasteiger partial charge on any atom is -0.493 e. The number of nitrogens with zero attached hydrogens (tertiary/aromatic N) is 3. The first-order chi connectivity index (χ1) is 9.26. The van der Waals surface area contributed by atoms with Crippen LogP contribution in [0.15, 0.2) is 24.5 Å². The Labute approximate surface area is 112 Å². The Bertz CT molecular complexity index is 539. The largest absolute Gasteiger partial charge is 0.493 e. The molecule has 0 saturated heterocycles. The zero-order valence-corrected chi connectivity index (χ0v) is 11.4. The van der Waals surface area contributed by atoms with Crippen molar-refractivity contribution in [2.75, 3.05) is 14.2 Å². The Morgan fingerprint density at radius 2 is 2.00 bits per heavy atom. The zero-order valence-electron chi connectivity index (χ0n) is 11.4. The molecular formula is C13H18N4O2. The SMILES string of the molecule is COc1ccnc(CNCc2ccnn2C)c1OC. The highest BCUT2D eigenvalue weighted by Gasteiger charge is 2.10. The number of ether oxygens (including phenoxy) is 2. The molecule has 102 valence electrons. The van der Waals surface area contributed by atoms with E-state index in [2.05, 4.69) is 15.4 Å². The maximum Gasteiger partial charge on any atom is 0.183 e. The van der Waals surface area contributed by atoms with Gasteiger partial charge in [-0.15, -0.1) is 0 Å². The molecule has 0 bridgehead atoms. The fourth-order valence-electron chi connectivity index (χ4n) is 1.86. The van der Waals surface area contributed by atoms with Gasteiger partial charge in [0.2, 0.25) is 0 Å². The lowest BCUT2D eigenvalue weighted by Crippen LogP contribution is -2.16. The lowest BCUT2D eigenvalue weighted by Gasteiger charge is -2.12. The van der Waals surface area contributed by atoms with Crippen molar-refractivity contribution in [3.63, 3.8) is 0 Å². The molecule has 0 aliphatic heterocycles. The van der Waals surface area contributed by atoms with Crippen molar-refractivity contribution in [2.45, 2.75) is 13.1 Å². The van der Waals surface area contributed by atoms with Gasteiger partial charge in [0.15, 0.2) is 11.5 Å². The van der Waals surface area contributed by atoms with Gasteiger partial charge in [0.05, 0.1) is 25.6 Å². The summed E-state index contributed by atoms with van der Waals surface area (Å²) in [6.45, 7) is 1.32. The third kappa shape index (κ3) is 3.03. The highest BCUT2D eigenvalue weighted by atomic mass is 16.5.